The highest BCUT2D eigenvalue weighted by Crippen LogP contribution is 2.31. The average molecular weight is 453 g/mol. The Balaban J connectivity index is 1.67. The van der Waals surface area contributed by atoms with Crippen LogP contribution in [0.4, 0.5) is 4.39 Å². The molecule has 2 aliphatic rings. The van der Waals surface area contributed by atoms with Gasteiger partial charge in [0.1, 0.15) is 12.0 Å². The first-order chi connectivity index (χ1) is 15.9. The number of carbonyl (C=O) groups excluding carboxylic acids is 2. The van der Waals surface area contributed by atoms with Gasteiger partial charge in [0.05, 0.1) is 23.6 Å². The Hall–Kier alpha value is -3.51. The van der Waals surface area contributed by atoms with Gasteiger partial charge in [-0.1, -0.05) is 30.3 Å². The Morgan fingerprint density at radius 3 is 2.73 bits per heavy atom. The van der Waals surface area contributed by atoms with Gasteiger partial charge in [-0.2, -0.15) is 5.26 Å². The largest absolute Gasteiger partial charge is 0.381 e. The number of nitrogens with zero attached hydrogens (tertiary/aromatic N) is 2. The van der Waals surface area contributed by atoms with Gasteiger partial charge in [0.2, 0.25) is 6.41 Å². The molecule has 2 amide bonds. The van der Waals surface area contributed by atoms with Crippen molar-refractivity contribution in [1.82, 2.24) is 15.5 Å². The van der Waals surface area contributed by atoms with Gasteiger partial charge < -0.3 is 16.4 Å². The van der Waals surface area contributed by atoms with Crippen LogP contribution in [0.2, 0.25) is 0 Å². The van der Waals surface area contributed by atoms with Crippen LogP contribution < -0.4 is 16.4 Å². The molecule has 5 N–H and O–H groups in total. The van der Waals surface area contributed by atoms with Gasteiger partial charge in [0, 0.05) is 25.8 Å². The number of likely N-dealkylation sites (tertiary alicyclic amines) is 1. The molecular formula is C24H29FN6O2. The first kappa shape index (κ1) is 24.1. The zero-order chi connectivity index (χ0) is 23.8. The summed E-state index contributed by atoms with van der Waals surface area (Å²) in [5, 5.41) is 21.9. The van der Waals surface area contributed by atoms with Crippen molar-refractivity contribution < 1.29 is 14.0 Å². The van der Waals surface area contributed by atoms with Crippen LogP contribution in [0.1, 0.15) is 43.2 Å². The third-order valence-electron chi connectivity index (χ3n) is 6.30. The molecule has 1 aliphatic carbocycles. The van der Waals surface area contributed by atoms with Crippen LogP contribution in [0, 0.1) is 16.7 Å². The summed E-state index contributed by atoms with van der Waals surface area (Å²) in [5.41, 5.74) is 7.48. The zero-order valence-electron chi connectivity index (χ0n) is 18.4. The van der Waals surface area contributed by atoms with Crippen LogP contribution in [0.3, 0.4) is 0 Å². The molecule has 0 spiro atoms. The lowest BCUT2D eigenvalue weighted by atomic mass is 9.83. The van der Waals surface area contributed by atoms with Crippen LogP contribution in [-0.2, 0) is 16.1 Å². The van der Waals surface area contributed by atoms with Crippen molar-refractivity contribution in [1.29, 1.82) is 10.7 Å². The molecule has 33 heavy (non-hydrogen) atoms. The average Bonchev–Trinajstić information content (AvgIpc) is 3.32. The number of nitriles is 1. The second kappa shape index (κ2) is 10.9. The van der Waals surface area contributed by atoms with Gasteiger partial charge in [0.15, 0.2) is 0 Å². The summed E-state index contributed by atoms with van der Waals surface area (Å²) in [6.07, 6.45) is 5.90. The van der Waals surface area contributed by atoms with E-state index in [2.05, 4.69) is 35.7 Å². The summed E-state index contributed by atoms with van der Waals surface area (Å²) in [5.74, 6) is -1.44. The Morgan fingerprint density at radius 2 is 2.15 bits per heavy atom. The summed E-state index contributed by atoms with van der Waals surface area (Å²) in [4.78, 5) is 24.2. The monoisotopic (exact) mass is 452 g/mol. The fraction of sp³-hybridized carbons (Fsp3) is 0.417. The normalized spacial score (nSPS) is 23.3. The van der Waals surface area contributed by atoms with E-state index in [0.717, 1.165) is 24.6 Å². The fourth-order valence-corrected chi connectivity index (χ4v) is 4.34. The van der Waals surface area contributed by atoms with E-state index in [-0.39, 0.29) is 24.9 Å². The first-order valence-corrected chi connectivity index (χ1v) is 11.0. The predicted molar refractivity (Wildman–Crippen MR) is 123 cm³/mol. The first-order valence-electron chi connectivity index (χ1n) is 11.0. The molecule has 0 bridgehead atoms. The molecule has 0 aromatic heterocycles. The van der Waals surface area contributed by atoms with E-state index >= 15 is 4.39 Å². The lowest BCUT2D eigenvalue weighted by Gasteiger charge is -2.43. The minimum atomic E-state index is -1.40. The van der Waals surface area contributed by atoms with Crippen LogP contribution in [0.25, 0.3) is 5.57 Å². The number of carbonyl (C=O) groups is 2. The van der Waals surface area contributed by atoms with E-state index in [1.165, 1.54) is 17.6 Å². The number of amides is 2. The number of amidine groups is 1. The molecule has 8 nitrogen and oxygen atoms in total. The summed E-state index contributed by atoms with van der Waals surface area (Å²) in [6, 6.07) is 10.4. The van der Waals surface area contributed by atoms with E-state index in [9.17, 15) is 14.9 Å². The van der Waals surface area contributed by atoms with E-state index < -0.39 is 23.5 Å². The predicted octanol–water partition coefficient (Wildman–Crippen LogP) is 2.13. The maximum atomic E-state index is 15.4. The zero-order valence-corrected chi connectivity index (χ0v) is 18.4. The Kier molecular flexibility index (Phi) is 7.96. The molecule has 1 aromatic carbocycles. The van der Waals surface area contributed by atoms with Crippen LogP contribution in [0.15, 0.2) is 42.1 Å². The molecule has 0 saturated carbocycles. The maximum Gasteiger partial charge on any atom is 0.253 e. The number of rotatable bonds is 9. The van der Waals surface area contributed by atoms with E-state index in [1.54, 1.807) is 0 Å². The molecule has 3 rings (SSSR count). The van der Waals surface area contributed by atoms with Crippen molar-refractivity contribution in [3.05, 3.63) is 53.2 Å². The molecule has 1 aromatic rings. The van der Waals surface area contributed by atoms with Crippen molar-refractivity contribution in [2.45, 2.75) is 50.4 Å². The van der Waals surface area contributed by atoms with Crippen LogP contribution in [-0.4, -0.2) is 47.9 Å². The molecule has 1 heterocycles. The van der Waals surface area contributed by atoms with E-state index in [1.807, 2.05) is 16.3 Å². The van der Waals surface area contributed by atoms with E-state index in [0.29, 0.717) is 19.5 Å². The number of allylic oxidation sites excluding steroid dienone is 2. The molecule has 2 atom stereocenters. The third kappa shape index (κ3) is 5.84. The molecule has 9 heteroatoms. The topological polar surface area (TPSA) is 135 Å². The van der Waals surface area contributed by atoms with E-state index in [4.69, 9.17) is 11.1 Å². The van der Waals surface area contributed by atoms with Gasteiger partial charge >= 0.3 is 0 Å². The minimum Gasteiger partial charge on any atom is -0.381 e. The standard InChI is InChI=1S/C24H29FN6O2/c25-21-15-31(14-17-5-7-19(8-6-17)18-3-1-2-4-18)12-10-24(21,9-11-26)30-13-20(23(28)33)22(27)29-16-32/h3,5-8,13,16,21,30H,1-2,4,9-10,12,14-15H2,(H2,28,33)(H2,27,29,32)/b20-13+. The van der Waals surface area contributed by atoms with Gasteiger partial charge in [-0.3, -0.25) is 19.9 Å². The van der Waals surface area contributed by atoms with Crippen molar-refractivity contribution in [2.24, 2.45) is 5.73 Å². The highest BCUT2D eigenvalue weighted by Gasteiger charge is 2.43. The summed E-state index contributed by atoms with van der Waals surface area (Å²) in [7, 11) is 0. The smallest absolute Gasteiger partial charge is 0.253 e. The number of nitrogens with one attached hydrogen (secondary N) is 3. The van der Waals surface area contributed by atoms with Crippen LogP contribution in [0.5, 0.6) is 0 Å². The number of halogens is 1. The maximum absolute atomic E-state index is 15.4. The lowest BCUT2D eigenvalue weighted by Crippen LogP contribution is -2.59. The molecule has 0 radical (unpaired) electrons. The van der Waals surface area contributed by atoms with Crippen molar-refractivity contribution in [3.63, 3.8) is 0 Å². The second-order valence-electron chi connectivity index (χ2n) is 8.47. The number of nitrogens with two attached hydrogens (primary N) is 1. The van der Waals surface area contributed by atoms with Gasteiger partial charge in [-0.05, 0) is 42.4 Å². The summed E-state index contributed by atoms with van der Waals surface area (Å²) < 4.78 is 15.4. The summed E-state index contributed by atoms with van der Waals surface area (Å²) in [6.45, 7) is 1.26. The number of hydrogen-bond donors (Lipinski definition) is 4. The van der Waals surface area contributed by atoms with Crippen molar-refractivity contribution >= 4 is 23.7 Å². The molecule has 174 valence electrons. The fourth-order valence-electron chi connectivity index (χ4n) is 4.34. The van der Waals surface area contributed by atoms with Crippen molar-refractivity contribution in [3.8, 4) is 6.07 Å². The highest BCUT2D eigenvalue weighted by atomic mass is 19.1. The van der Waals surface area contributed by atoms with Gasteiger partial charge in [-0.25, -0.2) is 4.39 Å². The second-order valence-corrected chi connectivity index (χ2v) is 8.47. The quantitative estimate of drug-likeness (QED) is 0.197. The number of primary amides is 1. The minimum absolute atomic E-state index is 0.116. The van der Waals surface area contributed by atoms with Gasteiger partial charge in [-0.15, -0.1) is 0 Å². The molecule has 1 fully saturated rings. The molecule has 2 unspecified atom stereocenters. The number of piperidine rings is 1. The SMILES string of the molecule is N#CCC1(N/C=C(\C(=N)NC=O)C(N)=O)CCN(Cc2ccc(C3=CCCC3)cc2)CC1F. The van der Waals surface area contributed by atoms with Gasteiger partial charge in [0.25, 0.3) is 5.91 Å². The van der Waals surface area contributed by atoms with Crippen molar-refractivity contribution in [2.75, 3.05) is 13.1 Å². The Bertz CT molecular complexity index is 997. The Labute approximate surface area is 192 Å². The highest BCUT2D eigenvalue weighted by molar-refractivity contribution is 6.20. The van der Waals surface area contributed by atoms with Crippen LogP contribution >= 0.6 is 0 Å². The Morgan fingerprint density at radius 1 is 1.39 bits per heavy atom. The summed E-state index contributed by atoms with van der Waals surface area (Å²) >= 11 is 0. The number of benzene rings is 1. The molecular weight excluding hydrogens is 423 g/mol. The lowest BCUT2D eigenvalue weighted by molar-refractivity contribution is -0.114. The number of alkyl halides is 1. The molecule has 1 aliphatic heterocycles. The molecule has 1 saturated heterocycles. The third-order valence-corrected chi connectivity index (χ3v) is 6.30. The number of hydrogen-bond acceptors (Lipinski definition) is 6.